The minimum atomic E-state index is -3.55. The molecule has 0 aromatic heterocycles. The molecule has 6 heteroatoms. The normalized spacial score (nSPS) is 11.3. The highest BCUT2D eigenvalue weighted by molar-refractivity contribution is 7.91. The van der Waals surface area contributed by atoms with E-state index in [0.717, 1.165) is 11.1 Å². The summed E-state index contributed by atoms with van der Waals surface area (Å²) in [4.78, 5) is 12.1. The van der Waals surface area contributed by atoms with Crippen LogP contribution >= 0.6 is 11.6 Å². The third-order valence-corrected chi connectivity index (χ3v) is 5.12. The predicted octanol–water partition coefficient (Wildman–Crippen LogP) is 3.51. The monoisotopic (exact) mass is 351 g/mol. The van der Waals surface area contributed by atoms with Crippen molar-refractivity contribution in [3.63, 3.8) is 0 Å². The maximum Gasteiger partial charge on any atom is 0.239 e. The number of hydrogen-bond acceptors (Lipinski definition) is 3. The first-order chi connectivity index (χ1) is 10.8. The highest BCUT2D eigenvalue weighted by Crippen LogP contribution is 2.19. The van der Waals surface area contributed by atoms with Gasteiger partial charge in [0.25, 0.3) is 0 Å². The van der Waals surface area contributed by atoms with Crippen molar-refractivity contribution in [2.24, 2.45) is 0 Å². The van der Waals surface area contributed by atoms with Crippen LogP contribution in [0.15, 0.2) is 42.5 Å². The molecule has 2 aromatic carbocycles. The summed E-state index contributed by atoms with van der Waals surface area (Å²) in [5, 5.41) is 3.23. The molecule has 0 aliphatic carbocycles. The van der Waals surface area contributed by atoms with Crippen LogP contribution in [-0.2, 0) is 20.4 Å². The molecule has 122 valence electrons. The number of para-hydroxylation sites is 1. The Bertz CT molecular complexity index is 794. The average molecular weight is 352 g/mol. The molecule has 0 saturated heterocycles. The molecule has 0 spiro atoms. The largest absolute Gasteiger partial charge is 0.325 e. The minimum absolute atomic E-state index is 0.190. The number of hydrogen-bond donors (Lipinski definition) is 1. The Labute approximate surface area is 141 Å². The zero-order valence-electron chi connectivity index (χ0n) is 13.0. The van der Waals surface area contributed by atoms with Crippen molar-refractivity contribution in [2.45, 2.75) is 19.6 Å². The van der Waals surface area contributed by atoms with E-state index in [1.807, 2.05) is 32.0 Å². The first kappa shape index (κ1) is 17.5. The van der Waals surface area contributed by atoms with Gasteiger partial charge in [-0.3, -0.25) is 4.79 Å². The molecule has 23 heavy (non-hydrogen) atoms. The van der Waals surface area contributed by atoms with Crippen molar-refractivity contribution < 1.29 is 13.2 Å². The molecule has 4 nitrogen and oxygen atoms in total. The van der Waals surface area contributed by atoms with E-state index in [2.05, 4.69) is 5.32 Å². The van der Waals surface area contributed by atoms with Crippen LogP contribution in [0.1, 0.15) is 16.7 Å². The van der Waals surface area contributed by atoms with Gasteiger partial charge in [0.05, 0.1) is 5.75 Å². The van der Waals surface area contributed by atoms with E-state index in [9.17, 15) is 13.2 Å². The summed E-state index contributed by atoms with van der Waals surface area (Å²) in [6.07, 6.45) is 0. The number of nitrogens with one attached hydrogen (secondary N) is 1. The predicted molar refractivity (Wildman–Crippen MR) is 93.5 cm³/mol. The zero-order chi connectivity index (χ0) is 17.0. The number of carbonyl (C=O) groups is 1. The van der Waals surface area contributed by atoms with E-state index in [0.29, 0.717) is 16.3 Å². The summed E-state index contributed by atoms with van der Waals surface area (Å²) in [6.45, 7) is 3.73. The molecule has 0 aliphatic rings. The molecule has 0 aliphatic heterocycles. The van der Waals surface area contributed by atoms with E-state index in [-0.39, 0.29) is 5.75 Å². The Morgan fingerprint density at radius 2 is 1.61 bits per heavy atom. The lowest BCUT2D eigenvalue weighted by molar-refractivity contribution is -0.113. The number of sulfone groups is 1. The molecule has 1 N–H and O–H groups in total. The molecule has 0 heterocycles. The Kier molecular flexibility index (Phi) is 5.44. The fourth-order valence-electron chi connectivity index (χ4n) is 2.27. The van der Waals surface area contributed by atoms with Gasteiger partial charge >= 0.3 is 0 Å². The van der Waals surface area contributed by atoms with Gasteiger partial charge in [0.1, 0.15) is 5.75 Å². The number of amides is 1. The number of benzene rings is 2. The maximum atomic E-state index is 12.2. The van der Waals surface area contributed by atoms with Gasteiger partial charge in [-0.1, -0.05) is 41.9 Å². The van der Waals surface area contributed by atoms with Crippen LogP contribution in [0.3, 0.4) is 0 Å². The molecule has 0 unspecified atom stereocenters. The topological polar surface area (TPSA) is 63.2 Å². The van der Waals surface area contributed by atoms with Gasteiger partial charge in [0, 0.05) is 10.7 Å². The minimum Gasteiger partial charge on any atom is -0.325 e. The van der Waals surface area contributed by atoms with Gasteiger partial charge in [-0.2, -0.15) is 0 Å². The number of aryl methyl sites for hydroxylation is 2. The lowest BCUT2D eigenvalue weighted by Crippen LogP contribution is -2.24. The lowest BCUT2D eigenvalue weighted by Gasteiger charge is -2.11. The Morgan fingerprint density at radius 3 is 2.17 bits per heavy atom. The first-order valence-electron chi connectivity index (χ1n) is 7.08. The number of anilines is 1. The van der Waals surface area contributed by atoms with Crippen LogP contribution in [0, 0.1) is 13.8 Å². The Morgan fingerprint density at radius 1 is 1.04 bits per heavy atom. The van der Waals surface area contributed by atoms with E-state index in [1.165, 1.54) is 0 Å². The summed E-state index contributed by atoms with van der Waals surface area (Å²) in [6, 6.07) is 12.2. The van der Waals surface area contributed by atoms with Gasteiger partial charge in [-0.05, 0) is 42.7 Å². The quantitative estimate of drug-likeness (QED) is 0.896. The molecule has 2 rings (SSSR count). The fraction of sp³-hybridized carbons (Fsp3) is 0.235. The highest BCUT2D eigenvalue weighted by atomic mass is 35.5. The highest BCUT2D eigenvalue weighted by Gasteiger charge is 2.18. The summed E-state index contributed by atoms with van der Waals surface area (Å²) in [5.74, 6) is -1.27. The summed E-state index contributed by atoms with van der Waals surface area (Å²) in [5.41, 5.74) is 3.07. The van der Waals surface area contributed by atoms with Crippen molar-refractivity contribution in [1.29, 1.82) is 0 Å². The van der Waals surface area contributed by atoms with Crippen molar-refractivity contribution in [2.75, 3.05) is 11.1 Å². The third kappa shape index (κ3) is 5.08. The standard InChI is InChI=1S/C17H18ClNO3S/c1-12-4-3-5-13(2)17(12)19-16(20)11-23(21,22)10-14-6-8-15(18)9-7-14/h3-9H,10-11H2,1-2H3,(H,19,20). The lowest BCUT2D eigenvalue weighted by atomic mass is 10.1. The van der Waals surface area contributed by atoms with E-state index in [1.54, 1.807) is 24.3 Å². The molecular weight excluding hydrogens is 334 g/mol. The zero-order valence-corrected chi connectivity index (χ0v) is 14.5. The van der Waals surface area contributed by atoms with Crippen LogP contribution in [-0.4, -0.2) is 20.1 Å². The Balaban J connectivity index is 2.05. The summed E-state index contributed by atoms with van der Waals surface area (Å²) in [7, 11) is -3.55. The molecule has 2 aromatic rings. The van der Waals surface area contributed by atoms with Crippen molar-refractivity contribution >= 4 is 33.0 Å². The molecule has 0 bridgehead atoms. The van der Waals surface area contributed by atoms with E-state index in [4.69, 9.17) is 11.6 Å². The van der Waals surface area contributed by atoms with Crippen LogP contribution in [0.2, 0.25) is 5.02 Å². The third-order valence-electron chi connectivity index (χ3n) is 3.40. The van der Waals surface area contributed by atoms with Gasteiger partial charge in [0.15, 0.2) is 9.84 Å². The van der Waals surface area contributed by atoms with E-state index >= 15 is 0 Å². The number of rotatable bonds is 5. The van der Waals surface area contributed by atoms with Crippen molar-refractivity contribution in [3.8, 4) is 0 Å². The maximum absolute atomic E-state index is 12.2. The van der Waals surface area contributed by atoms with Crippen molar-refractivity contribution in [3.05, 3.63) is 64.2 Å². The summed E-state index contributed by atoms with van der Waals surface area (Å²) >= 11 is 5.77. The molecule has 0 fully saturated rings. The smallest absolute Gasteiger partial charge is 0.239 e. The SMILES string of the molecule is Cc1cccc(C)c1NC(=O)CS(=O)(=O)Cc1ccc(Cl)cc1. The van der Waals surface area contributed by atoms with Crippen molar-refractivity contribution in [1.82, 2.24) is 0 Å². The molecule has 0 radical (unpaired) electrons. The second-order valence-electron chi connectivity index (χ2n) is 5.47. The summed E-state index contributed by atoms with van der Waals surface area (Å²) < 4.78 is 24.3. The average Bonchev–Trinajstić information content (AvgIpc) is 2.45. The fourth-order valence-corrected chi connectivity index (χ4v) is 3.67. The van der Waals surface area contributed by atoms with E-state index < -0.39 is 21.5 Å². The van der Waals surface area contributed by atoms with Gasteiger partial charge in [-0.25, -0.2) is 8.42 Å². The second-order valence-corrected chi connectivity index (χ2v) is 7.97. The first-order valence-corrected chi connectivity index (χ1v) is 9.28. The molecular formula is C17H18ClNO3S. The second kappa shape index (κ2) is 7.15. The van der Waals surface area contributed by atoms with Crippen LogP contribution in [0.4, 0.5) is 5.69 Å². The van der Waals surface area contributed by atoms with Gasteiger partial charge in [-0.15, -0.1) is 0 Å². The number of carbonyl (C=O) groups excluding carboxylic acids is 1. The molecule has 0 atom stereocenters. The number of halogens is 1. The van der Waals surface area contributed by atoms with Crippen LogP contribution < -0.4 is 5.32 Å². The van der Waals surface area contributed by atoms with Crippen LogP contribution in [0.5, 0.6) is 0 Å². The Hall–Kier alpha value is -1.85. The van der Waals surface area contributed by atoms with Gasteiger partial charge < -0.3 is 5.32 Å². The molecule has 0 saturated carbocycles. The van der Waals surface area contributed by atoms with Crippen LogP contribution in [0.25, 0.3) is 0 Å². The molecule has 1 amide bonds. The van der Waals surface area contributed by atoms with Gasteiger partial charge in [0.2, 0.25) is 5.91 Å².